The Hall–Kier alpha value is -2.07. The number of nitrogens with zero attached hydrogens (tertiary/aromatic N) is 1. The van der Waals surface area contributed by atoms with E-state index in [1.165, 1.54) is 6.07 Å². The first kappa shape index (κ1) is 12.0. The lowest BCUT2D eigenvalue weighted by atomic mass is 10.2. The van der Waals surface area contributed by atoms with Gasteiger partial charge in [0.15, 0.2) is 5.58 Å². The third kappa shape index (κ3) is 1.85. The number of halogens is 2. The van der Waals surface area contributed by atoms with Gasteiger partial charge in [-0.15, -0.1) is 0 Å². The molecule has 96 valence electrons. The molecule has 0 fully saturated rings. The summed E-state index contributed by atoms with van der Waals surface area (Å²) in [6.45, 7) is 1.82. The van der Waals surface area contributed by atoms with Crippen molar-refractivity contribution < 1.29 is 8.81 Å². The van der Waals surface area contributed by atoms with Crippen molar-refractivity contribution in [2.24, 2.45) is 0 Å². The summed E-state index contributed by atoms with van der Waals surface area (Å²) in [5.74, 6) is -0.195. The third-order valence-electron chi connectivity index (χ3n) is 3.02. The maximum atomic E-state index is 13.7. The van der Waals surface area contributed by atoms with Crippen molar-refractivity contribution in [2.75, 3.05) is 5.73 Å². The highest BCUT2D eigenvalue weighted by Gasteiger charge is 2.16. The van der Waals surface area contributed by atoms with Crippen molar-refractivity contribution in [3.05, 3.63) is 46.7 Å². The Morgan fingerprint density at radius 2 is 2.05 bits per heavy atom. The number of aryl methyl sites for hydroxylation is 1. The lowest BCUT2D eigenvalue weighted by Crippen LogP contribution is -1.90. The van der Waals surface area contributed by atoms with Gasteiger partial charge in [0.25, 0.3) is 0 Å². The molecule has 0 saturated carbocycles. The Morgan fingerprint density at radius 3 is 2.79 bits per heavy atom. The molecule has 1 aromatic heterocycles. The van der Waals surface area contributed by atoms with Crippen molar-refractivity contribution in [3.63, 3.8) is 0 Å². The van der Waals surface area contributed by atoms with E-state index < -0.39 is 5.82 Å². The van der Waals surface area contributed by atoms with Crippen molar-refractivity contribution in [3.8, 4) is 11.5 Å². The first-order valence-corrected chi connectivity index (χ1v) is 6.05. The van der Waals surface area contributed by atoms with E-state index in [9.17, 15) is 4.39 Å². The summed E-state index contributed by atoms with van der Waals surface area (Å²) in [5.41, 5.74) is 8.41. The second-order valence-electron chi connectivity index (χ2n) is 4.25. The molecule has 0 aliphatic rings. The molecule has 2 aromatic carbocycles. The molecule has 0 aliphatic heterocycles. The van der Waals surface area contributed by atoms with Crippen LogP contribution in [0.5, 0.6) is 0 Å². The number of anilines is 1. The normalized spacial score (nSPS) is 11.1. The molecule has 0 atom stereocenters. The minimum Gasteiger partial charge on any atom is -0.434 e. The summed E-state index contributed by atoms with van der Waals surface area (Å²) in [7, 11) is 0. The van der Waals surface area contributed by atoms with Gasteiger partial charge in [-0.2, -0.15) is 0 Å². The number of nitrogen functional groups attached to an aromatic ring is 1. The van der Waals surface area contributed by atoms with Gasteiger partial charge >= 0.3 is 0 Å². The van der Waals surface area contributed by atoms with Crippen molar-refractivity contribution in [1.82, 2.24) is 4.98 Å². The van der Waals surface area contributed by atoms with Crippen LogP contribution in [0.25, 0.3) is 22.6 Å². The van der Waals surface area contributed by atoms with Crippen LogP contribution in [0.1, 0.15) is 5.56 Å². The summed E-state index contributed by atoms with van der Waals surface area (Å²) in [4.78, 5) is 4.29. The predicted octanol–water partition coefficient (Wildman–Crippen LogP) is 4.18. The Kier molecular flexibility index (Phi) is 2.68. The van der Waals surface area contributed by atoms with E-state index in [2.05, 4.69) is 4.98 Å². The number of nitrogens with two attached hydrogens (primary N) is 1. The zero-order chi connectivity index (χ0) is 13.6. The molecule has 3 aromatic rings. The molecule has 5 heteroatoms. The van der Waals surface area contributed by atoms with Gasteiger partial charge in [-0.05, 0) is 25.1 Å². The molecule has 3 nitrogen and oxygen atoms in total. The second-order valence-corrected chi connectivity index (χ2v) is 4.66. The lowest BCUT2D eigenvalue weighted by Gasteiger charge is -2.00. The highest BCUT2D eigenvalue weighted by Crippen LogP contribution is 2.34. The fraction of sp³-hybridized carbons (Fsp3) is 0.0714. The quantitative estimate of drug-likeness (QED) is 0.678. The number of hydrogen-bond acceptors (Lipinski definition) is 3. The molecular formula is C14H10ClFN2O. The van der Waals surface area contributed by atoms with Gasteiger partial charge in [-0.1, -0.05) is 23.7 Å². The molecule has 0 amide bonds. The van der Waals surface area contributed by atoms with Crippen LogP contribution in [0.2, 0.25) is 5.02 Å². The van der Waals surface area contributed by atoms with E-state index in [0.717, 1.165) is 5.56 Å². The maximum absolute atomic E-state index is 13.7. The van der Waals surface area contributed by atoms with E-state index in [1.807, 2.05) is 6.92 Å². The van der Waals surface area contributed by atoms with Crippen LogP contribution in [0.4, 0.5) is 10.1 Å². The number of rotatable bonds is 1. The predicted molar refractivity (Wildman–Crippen MR) is 73.6 cm³/mol. The molecule has 3 rings (SSSR count). The summed E-state index contributed by atoms with van der Waals surface area (Å²) >= 11 is 6.07. The second kappa shape index (κ2) is 4.24. The van der Waals surface area contributed by atoms with Crippen molar-refractivity contribution in [1.29, 1.82) is 0 Å². The van der Waals surface area contributed by atoms with E-state index in [4.69, 9.17) is 21.8 Å². The number of oxazole rings is 1. The highest BCUT2D eigenvalue weighted by molar-refractivity contribution is 6.35. The first-order valence-electron chi connectivity index (χ1n) is 5.68. The van der Waals surface area contributed by atoms with Gasteiger partial charge in [0.05, 0.1) is 10.6 Å². The zero-order valence-electron chi connectivity index (χ0n) is 10.1. The van der Waals surface area contributed by atoms with E-state index in [-0.39, 0.29) is 5.89 Å². The lowest BCUT2D eigenvalue weighted by molar-refractivity contribution is 0.593. The molecule has 0 saturated heterocycles. The monoisotopic (exact) mass is 276 g/mol. The van der Waals surface area contributed by atoms with Crippen LogP contribution in [0, 0.1) is 12.7 Å². The third-order valence-corrected chi connectivity index (χ3v) is 3.30. The Balaban J connectivity index is 2.31. The summed E-state index contributed by atoms with van der Waals surface area (Å²) in [6.07, 6.45) is 0. The van der Waals surface area contributed by atoms with Crippen LogP contribution in [-0.4, -0.2) is 4.98 Å². The Bertz CT molecular complexity index is 782. The highest BCUT2D eigenvalue weighted by atomic mass is 35.5. The first-order chi connectivity index (χ1) is 9.08. The summed E-state index contributed by atoms with van der Waals surface area (Å²) < 4.78 is 19.3. The van der Waals surface area contributed by atoms with Crippen LogP contribution in [0.15, 0.2) is 34.7 Å². The Labute approximate surface area is 113 Å². The van der Waals surface area contributed by atoms with Crippen LogP contribution in [0.3, 0.4) is 0 Å². The van der Waals surface area contributed by atoms with Gasteiger partial charge in [0, 0.05) is 11.3 Å². The summed E-state index contributed by atoms with van der Waals surface area (Å²) in [6, 6.07) is 7.89. The summed E-state index contributed by atoms with van der Waals surface area (Å²) in [5, 5.41) is 0.369. The molecule has 0 aliphatic carbocycles. The van der Waals surface area contributed by atoms with Crippen molar-refractivity contribution in [2.45, 2.75) is 6.92 Å². The van der Waals surface area contributed by atoms with Crippen LogP contribution >= 0.6 is 11.6 Å². The molecule has 2 N–H and O–H groups in total. The smallest absolute Gasteiger partial charge is 0.230 e. The maximum Gasteiger partial charge on any atom is 0.230 e. The topological polar surface area (TPSA) is 52.0 Å². The van der Waals surface area contributed by atoms with E-state index in [1.54, 1.807) is 24.3 Å². The number of benzene rings is 2. The molecular weight excluding hydrogens is 267 g/mol. The van der Waals surface area contributed by atoms with Crippen LogP contribution < -0.4 is 5.73 Å². The minimum atomic E-state index is -0.393. The molecule has 0 spiro atoms. The van der Waals surface area contributed by atoms with E-state index in [0.29, 0.717) is 27.4 Å². The van der Waals surface area contributed by atoms with Crippen LogP contribution in [-0.2, 0) is 0 Å². The largest absolute Gasteiger partial charge is 0.434 e. The standard InChI is InChI=1S/C14H10ClFN2O/c1-7-11(17)6-9(15)13-12(7)18-14(19-13)8-4-2-3-5-10(8)16/h2-6H,17H2,1H3. The molecule has 19 heavy (non-hydrogen) atoms. The minimum absolute atomic E-state index is 0.198. The van der Waals surface area contributed by atoms with Gasteiger partial charge in [0.2, 0.25) is 5.89 Å². The molecule has 0 radical (unpaired) electrons. The Morgan fingerprint density at radius 1 is 1.32 bits per heavy atom. The molecule has 0 unspecified atom stereocenters. The average molecular weight is 277 g/mol. The fourth-order valence-electron chi connectivity index (χ4n) is 1.93. The van der Waals surface area contributed by atoms with Gasteiger partial charge in [0.1, 0.15) is 11.3 Å². The average Bonchev–Trinajstić information content (AvgIpc) is 2.82. The van der Waals surface area contributed by atoms with Gasteiger partial charge < -0.3 is 10.2 Å². The number of fused-ring (bicyclic) bond motifs is 1. The van der Waals surface area contributed by atoms with Gasteiger partial charge in [-0.3, -0.25) is 0 Å². The molecule has 0 bridgehead atoms. The fourth-order valence-corrected chi connectivity index (χ4v) is 2.18. The van der Waals surface area contributed by atoms with Crippen molar-refractivity contribution >= 4 is 28.4 Å². The SMILES string of the molecule is Cc1c(N)cc(Cl)c2oc(-c3ccccc3F)nc12. The van der Waals surface area contributed by atoms with E-state index >= 15 is 0 Å². The molecule has 1 heterocycles. The zero-order valence-corrected chi connectivity index (χ0v) is 10.8. The van der Waals surface area contributed by atoms with Gasteiger partial charge in [-0.25, -0.2) is 9.37 Å². The number of aromatic nitrogens is 1. The number of hydrogen-bond donors (Lipinski definition) is 1.